The van der Waals surface area contributed by atoms with Gasteiger partial charge in [0.2, 0.25) is 0 Å². The zero-order valence-electron chi connectivity index (χ0n) is 10.8. The van der Waals surface area contributed by atoms with Crippen LogP contribution in [0.1, 0.15) is 43.5 Å². The molecule has 1 aromatic heterocycles. The Balaban J connectivity index is 1.70. The topological polar surface area (TPSA) is 28.2 Å². The highest BCUT2D eigenvalue weighted by molar-refractivity contribution is 7.09. The van der Waals surface area contributed by atoms with E-state index in [2.05, 4.69) is 20.6 Å². The molecule has 1 aliphatic carbocycles. The first-order chi connectivity index (χ1) is 8.88. The predicted octanol–water partition coefficient (Wildman–Crippen LogP) is 2.35. The summed E-state index contributed by atoms with van der Waals surface area (Å²) >= 11 is 1.84. The van der Waals surface area contributed by atoms with E-state index in [0.717, 1.165) is 6.04 Å². The van der Waals surface area contributed by atoms with E-state index < -0.39 is 0 Å². The van der Waals surface area contributed by atoms with Gasteiger partial charge in [0, 0.05) is 30.2 Å². The second-order valence-electron chi connectivity index (χ2n) is 6.02. The maximum absolute atomic E-state index is 4.67. The number of hydrogen-bond donors (Lipinski definition) is 1. The molecule has 0 radical (unpaired) electrons. The summed E-state index contributed by atoms with van der Waals surface area (Å²) in [5.74, 6) is 0. The van der Waals surface area contributed by atoms with Crippen LogP contribution in [0.15, 0.2) is 11.6 Å². The lowest BCUT2D eigenvalue weighted by molar-refractivity contribution is 0.135. The van der Waals surface area contributed by atoms with Gasteiger partial charge in [-0.2, -0.15) is 0 Å². The molecule has 2 saturated heterocycles. The van der Waals surface area contributed by atoms with E-state index in [4.69, 9.17) is 0 Å². The maximum atomic E-state index is 4.67. The first-order valence-corrected chi connectivity index (χ1v) is 8.18. The summed E-state index contributed by atoms with van der Waals surface area (Å²) in [6.07, 6.45) is 10.1. The SMILES string of the molecule is c1csc(C2(NC3CC3)CCN3CCCCC32)n1. The van der Waals surface area contributed by atoms with Crippen molar-refractivity contribution in [1.82, 2.24) is 15.2 Å². The third-order valence-electron chi connectivity index (χ3n) is 4.83. The van der Waals surface area contributed by atoms with Crippen molar-refractivity contribution in [2.45, 2.75) is 56.1 Å². The average Bonchev–Trinajstić information content (AvgIpc) is 2.93. The molecule has 3 nitrogen and oxygen atoms in total. The highest BCUT2D eigenvalue weighted by Crippen LogP contribution is 2.44. The van der Waals surface area contributed by atoms with Crippen molar-refractivity contribution in [2.24, 2.45) is 0 Å². The molecule has 1 saturated carbocycles. The quantitative estimate of drug-likeness (QED) is 0.907. The summed E-state index contributed by atoms with van der Waals surface area (Å²) < 4.78 is 0. The van der Waals surface area contributed by atoms with Gasteiger partial charge in [0.15, 0.2) is 0 Å². The highest BCUT2D eigenvalue weighted by Gasteiger charge is 2.52. The lowest BCUT2D eigenvalue weighted by Crippen LogP contribution is -2.54. The Morgan fingerprint density at radius 1 is 1.28 bits per heavy atom. The fraction of sp³-hybridized carbons (Fsp3) is 0.786. The van der Waals surface area contributed by atoms with Crippen LogP contribution in [0.3, 0.4) is 0 Å². The van der Waals surface area contributed by atoms with Gasteiger partial charge in [0.25, 0.3) is 0 Å². The molecule has 0 bridgehead atoms. The molecule has 3 fully saturated rings. The lowest BCUT2D eigenvalue weighted by Gasteiger charge is -2.40. The zero-order chi connectivity index (χ0) is 12.0. The van der Waals surface area contributed by atoms with Gasteiger partial charge in [0.05, 0.1) is 5.54 Å². The Morgan fingerprint density at radius 2 is 2.22 bits per heavy atom. The van der Waals surface area contributed by atoms with Crippen molar-refractivity contribution in [3.8, 4) is 0 Å². The van der Waals surface area contributed by atoms with Crippen LogP contribution >= 0.6 is 11.3 Å². The minimum absolute atomic E-state index is 0.176. The minimum Gasteiger partial charge on any atom is -0.301 e. The first kappa shape index (κ1) is 11.4. The second kappa shape index (κ2) is 4.29. The van der Waals surface area contributed by atoms with Crippen molar-refractivity contribution in [3.63, 3.8) is 0 Å². The standard InChI is InChI=1S/C14H21N3S/c1-2-8-17-9-6-14(12(17)3-1,16-11-4-5-11)13-15-7-10-18-13/h7,10-12,16H,1-6,8-9H2. The summed E-state index contributed by atoms with van der Waals surface area (Å²) in [7, 11) is 0. The Labute approximate surface area is 113 Å². The molecule has 0 spiro atoms. The van der Waals surface area contributed by atoms with Gasteiger partial charge >= 0.3 is 0 Å². The molecule has 4 heteroatoms. The van der Waals surface area contributed by atoms with Crippen LogP contribution in [0.5, 0.6) is 0 Å². The molecule has 0 aromatic carbocycles. The van der Waals surface area contributed by atoms with Crippen molar-refractivity contribution in [3.05, 3.63) is 16.6 Å². The summed E-state index contributed by atoms with van der Waals surface area (Å²) in [5.41, 5.74) is 0.176. The number of nitrogens with one attached hydrogen (secondary N) is 1. The third kappa shape index (κ3) is 1.74. The Bertz CT molecular complexity index is 415. The lowest BCUT2D eigenvalue weighted by atomic mass is 9.85. The summed E-state index contributed by atoms with van der Waals surface area (Å²) in [6.45, 7) is 2.55. The van der Waals surface area contributed by atoms with E-state index in [1.807, 2.05) is 17.5 Å². The van der Waals surface area contributed by atoms with E-state index in [-0.39, 0.29) is 5.54 Å². The molecule has 4 rings (SSSR count). The number of aromatic nitrogens is 1. The number of thiazole rings is 1. The van der Waals surface area contributed by atoms with Gasteiger partial charge in [0.1, 0.15) is 5.01 Å². The van der Waals surface area contributed by atoms with E-state index in [9.17, 15) is 0 Å². The third-order valence-corrected chi connectivity index (χ3v) is 5.78. The van der Waals surface area contributed by atoms with Crippen LogP contribution < -0.4 is 5.32 Å². The van der Waals surface area contributed by atoms with Crippen LogP contribution in [-0.4, -0.2) is 35.1 Å². The van der Waals surface area contributed by atoms with E-state index in [1.165, 1.54) is 56.6 Å². The molecule has 3 aliphatic rings. The summed E-state index contributed by atoms with van der Waals surface area (Å²) in [4.78, 5) is 7.38. The number of nitrogens with zero attached hydrogens (tertiary/aromatic N) is 2. The van der Waals surface area contributed by atoms with E-state index >= 15 is 0 Å². The Morgan fingerprint density at radius 3 is 3.00 bits per heavy atom. The van der Waals surface area contributed by atoms with E-state index in [1.54, 1.807) is 0 Å². The fourth-order valence-corrected chi connectivity index (χ4v) is 4.70. The molecule has 1 N–H and O–H groups in total. The highest BCUT2D eigenvalue weighted by atomic mass is 32.1. The van der Waals surface area contributed by atoms with Gasteiger partial charge in [-0.3, -0.25) is 4.90 Å². The van der Waals surface area contributed by atoms with Crippen molar-refractivity contribution < 1.29 is 0 Å². The monoisotopic (exact) mass is 263 g/mol. The van der Waals surface area contributed by atoms with Crippen LogP contribution in [-0.2, 0) is 5.54 Å². The average molecular weight is 263 g/mol. The van der Waals surface area contributed by atoms with Crippen molar-refractivity contribution >= 4 is 11.3 Å². The van der Waals surface area contributed by atoms with Crippen molar-refractivity contribution in [1.29, 1.82) is 0 Å². The Hall–Kier alpha value is -0.450. The molecule has 2 atom stereocenters. The van der Waals surface area contributed by atoms with Gasteiger partial charge in [-0.1, -0.05) is 6.42 Å². The molecule has 98 valence electrons. The molecular formula is C14H21N3S. The number of hydrogen-bond acceptors (Lipinski definition) is 4. The molecule has 2 unspecified atom stereocenters. The second-order valence-corrected chi connectivity index (χ2v) is 6.92. The Kier molecular flexibility index (Phi) is 2.71. The van der Waals surface area contributed by atoms with Gasteiger partial charge in [-0.15, -0.1) is 11.3 Å². The van der Waals surface area contributed by atoms with Gasteiger partial charge < -0.3 is 5.32 Å². The van der Waals surface area contributed by atoms with Crippen LogP contribution in [0.25, 0.3) is 0 Å². The normalized spacial score (nSPS) is 36.8. The smallest absolute Gasteiger partial charge is 0.114 e. The minimum atomic E-state index is 0.176. The summed E-state index contributed by atoms with van der Waals surface area (Å²) in [6, 6.07) is 1.45. The van der Waals surface area contributed by atoms with Gasteiger partial charge in [-0.25, -0.2) is 4.98 Å². The fourth-order valence-electron chi connectivity index (χ4n) is 3.82. The molecule has 18 heavy (non-hydrogen) atoms. The maximum Gasteiger partial charge on any atom is 0.114 e. The molecule has 1 aromatic rings. The van der Waals surface area contributed by atoms with Gasteiger partial charge in [-0.05, 0) is 38.6 Å². The predicted molar refractivity (Wildman–Crippen MR) is 73.8 cm³/mol. The van der Waals surface area contributed by atoms with Crippen LogP contribution in [0, 0.1) is 0 Å². The number of fused-ring (bicyclic) bond motifs is 1. The molecular weight excluding hydrogens is 242 g/mol. The molecule has 2 aliphatic heterocycles. The number of piperidine rings is 1. The molecule has 0 amide bonds. The van der Waals surface area contributed by atoms with Crippen LogP contribution in [0.4, 0.5) is 0 Å². The zero-order valence-corrected chi connectivity index (χ0v) is 11.6. The van der Waals surface area contributed by atoms with Crippen LogP contribution in [0.2, 0.25) is 0 Å². The number of rotatable bonds is 3. The van der Waals surface area contributed by atoms with Crippen molar-refractivity contribution in [2.75, 3.05) is 13.1 Å². The molecule has 3 heterocycles. The largest absolute Gasteiger partial charge is 0.301 e. The summed E-state index contributed by atoms with van der Waals surface area (Å²) in [5, 5.41) is 7.45. The van der Waals surface area contributed by atoms with E-state index in [0.29, 0.717) is 6.04 Å². The first-order valence-electron chi connectivity index (χ1n) is 7.30.